The van der Waals surface area contributed by atoms with Gasteiger partial charge < -0.3 is 14.3 Å². The quantitative estimate of drug-likeness (QED) is 0.120. The number of hydrogen-bond donors (Lipinski definition) is 0. The van der Waals surface area contributed by atoms with Crippen LogP contribution in [-0.4, -0.2) is 26.5 Å². The molecule has 0 saturated heterocycles. The first kappa shape index (κ1) is 26.5. The Hall–Kier alpha value is -2.75. The van der Waals surface area contributed by atoms with Gasteiger partial charge in [0.1, 0.15) is 25.2 Å². The normalized spacial score (nSPS) is 12.4. The number of aryl methyl sites for hydroxylation is 2. The predicted octanol–water partition coefficient (Wildman–Crippen LogP) is 7.76. The van der Waals surface area contributed by atoms with Crippen LogP contribution in [0.1, 0.15) is 80.5 Å². The number of unbranched alkanes of at least 4 members (excludes halogenated alkanes) is 4. The van der Waals surface area contributed by atoms with Gasteiger partial charge in [0, 0.05) is 0 Å². The highest BCUT2D eigenvalue weighted by Gasteiger charge is 2.08. The van der Waals surface area contributed by atoms with Crippen molar-refractivity contribution in [1.29, 1.82) is 0 Å². The Morgan fingerprint density at radius 3 is 2.24 bits per heavy atom. The molecule has 2 aromatic rings. The van der Waals surface area contributed by atoms with Gasteiger partial charge in [0.2, 0.25) is 0 Å². The molecule has 1 unspecified atom stereocenters. The summed E-state index contributed by atoms with van der Waals surface area (Å²) < 4.78 is 11.9. The van der Waals surface area contributed by atoms with E-state index < -0.39 is 0 Å². The van der Waals surface area contributed by atoms with Gasteiger partial charge in [-0.15, -0.1) is 0 Å². The van der Waals surface area contributed by atoms with Gasteiger partial charge in [-0.3, -0.25) is 0 Å². The molecule has 2 rings (SSSR count). The Morgan fingerprint density at radius 1 is 0.909 bits per heavy atom. The molecule has 4 nitrogen and oxygen atoms in total. The fourth-order valence-electron chi connectivity index (χ4n) is 3.91. The molecule has 0 spiro atoms. The molecule has 0 N–H and O–H groups in total. The van der Waals surface area contributed by atoms with E-state index in [9.17, 15) is 0 Å². The topological polar surface area (TPSA) is 40.0 Å². The lowest BCUT2D eigenvalue weighted by atomic mass is 9.94. The average Bonchev–Trinajstić information content (AvgIpc) is 2.81. The standard InChI is InChI=1S/C29H41NO3/c1-6-7-18-32-28-20-24(3)29(25(4)21-28)33-19-12-10-8-9-11-13-23(2)27-16-14-26(15-17-27)22-30-31-5/h6-7,14-17,20-23H,8-13,18-19H2,1-5H3/b7-6+,30-22+. The molecule has 0 saturated carbocycles. The lowest BCUT2D eigenvalue weighted by Gasteiger charge is -2.14. The van der Waals surface area contributed by atoms with Crippen molar-refractivity contribution in [2.45, 2.75) is 72.1 Å². The molecule has 0 bridgehead atoms. The monoisotopic (exact) mass is 451 g/mol. The molecule has 0 aliphatic heterocycles. The van der Waals surface area contributed by atoms with E-state index in [2.05, 4.69) is 62.3 Å². The summed E-state index contributed by atoms with van der Waals surface area (Å²) in [5.41, 5.74) is 4.73. The van der Waals surface area contributed by atoms with Crippen LogP contribution in [0.3, 0.4) is 0 Å². The number of oxime groups is 1. The Labute approximate surface area is 200 Å². The largest absolute Gasteiger partial charge is 0.493 e. The van der Waals surface area contributed by atoms with Crippen LogP contribution in [0.15, 0.2) is 53.7 Å². The van der Waals surface area contributed by atoms with Crippen molar-refractivity contribution in [3.63, 3.8) is 0 Å². The predicted molar refractivity (Wildman–Crippen MR) is 139 cm³/mol. The summed E-state index contributed by atoms with van der Waals surface area (Å²) in [6.45, 7) is 9.87. The van der Waals surface area contributed by atoms with Gasteiger partial charge >= 0.3 is 0 Å². The smallest absolute Gasteiger partial charge is 0.125 e. The lowest BCUT2D eigenvalue weighted by Crippen LogP contribution is -2.02. The second-order valence-electron chi connectivity index (χ2n) is 8.66. The molecular formula is C29H41NO3. The Balaban J connectivity index is 1.61. The number of benzene rings is 2. The lowest BCUT2D eigenvalue weighted by molar-refractivity contribution is 0.215. The van der Waals surface area contributed by atoms with E-state index in [-0.39, 0.29) is 0 Å². The van der Waals surface area contributed by atoms with Crippen LogP contribution in [-0.2, 0) is 4.84 Å². The van der Waals surface area contributed by atoms with Crippen molar-refractivity contribution in [3.8, 4) is 11.5 Å². The number of allylic oxidation sites excluding steroid dienone is 1. The first-order valence-corrected chi connectivity index (χ1v) is 12.2. The van der Waals surface area contributed by atoms with Gasteiger partial charge in [0.25, 0.3) is 0 Å². The molecule has 0 amide bonds. The Bertz CT molecular complexity index is 848. The number of rotatable bonds is 15. The zero-order valence-electron chi connectivity index (χ0n) is 21.1. The molecular weight excluding hydrogens is 410 g/mol. The molecule has 0 radical (unpaired) electrons. The Kier molecular flexibility index (Phi) is 12.2. The third kappa shape index (κ3) is 9.73. The highest BCUT2D eigenvalue weighted by molar-refractivity contribution is 5.79. The van der Waals surface area contributed by atoms with Gasteiger partial charge in [-0.1, -0.05) is 74.2 Å². The average molecular weight is 452 g/mol. The van der Waals surface area contributed by atoms with Crippen LogP contribution < -0.4 is 9.47 Å². The molecule has 2 aromatic carbocycles. The van der Waals surface area contributed by atoms with Gasteiger partial charge in [-0.25, -0.2) is 0 Å². The SMILES string of the molecule is C/C=C/COc1cc(C)c(OCCCCCCCC(C)c2ccc(/C=N/OC)cc2)c(C)c1. The summed E-state index contributed by atoms with van der Waals surface area (Å²) in [6, 6.07) is 12.7. The fraction of sp³-hybridized carbons (Fsp3) is 0.483. The van der Waals surface area contributed by atoms with Crippen molar-refractivity contribution in [3.05, 3.63) is 70.8 Å². The summed E-state index contributed by atoms with van der Waals surface area (Å²) >= 11 is 0. The van der Waals surface area contributed by atoms with Crippen LogP contribution in [0.2, 0.25) is 0 Å². The summed E-state index contributed by atoms with van der Waals surface area (Å²) in [5, 5.41) is 3.81. The second kappa shape index (κ2) is 15.2. The third-order valence-corrected chi connectivity index (χ3v) is 5.86. The molecule has 0 fully saturated rings. The number of nitrogens with zero attached hydrogens (tertiary/aromatic N) is 1. The molecule has 1 atom stereocenters. The van der Waals surface area contributed by atoms with Crippen molar-refractivity contribution >= 4 is 6.21 Å². The van der Waals surface area contributed by atoms with Crippen LogP contribution in [0.5, 0.6) is 11.5 Å². The van der Waals surface area contributed by atoms with Crippen molar-refractivity contribution in [2.24, 2.45) is 5.16 Å². The zero-order valence-corrected chi connectivity index (χ0v) is 21.1. The van der Waals surface area contributed by atoms with E-state index in [1.807, 2.05) is 19.1 Å². The van der Waals surface area contributed by atoms with Gasteiger partial charge in [-0.05, 0) is 73.9 Å². The van der Waals surface area contributed by atoms with Gasteiger partial charge in [0.15, 0.2) is 0 Å². The van der Waals surface area contributed by atoms with Crippen LogP contribution in [0.4, 0.5) is 0 Å². The van der Waals surface area contributed by atoms with E-state index in [0.717, 1.165) is 41.2 Å². The van der Waals surface area contributed by atoms with Crippen molar-refractivity contribution < 1.29 is 14.3 Å². The second-order valence-corrected chi connectivity index (χ2v) is 8.66. The number of hydrogen-bond acceptors (Lipinski definition) is 4. The van der Waals surface area contributed by atoms with Gasteiger partial charge in [0.05, 0.1) is 12.8 Å². The molecule has 0 heterocycles. The zero-order chi connectivity index (χ0) is 23.9. The molecule has 33 heavy (non-hydrogen) atoms. The van der Waals surface area contributed by atoms with Crippen LogP contribution in [0.25, 0.3) is 0 Å². The van der Waals surface area contributed by atoms with E-state index in [0.29, 0.717) is 12.5 Å². The van der Waals surface area contributed by atoms with E-state index >= 15 is 0 Å². The molecule has 0 aliphatic rings. The fourth-order valence-corrected chi connectivity index (χ4v) is 3.91. The molecule has 180 valence electrons. The molecule has 0 aromatic heterocycles. The van der Waals surface area contributed by atoms with Crippen LogP contribution in [0, 0.1) is 13.8 Å². The summed E-state index contributed by atoms with van der Waals surface area (Å²) in [5.74, 6) is 2.49. The van der Waals surface area contributed by atoms with Crippen molar-refractivity contribution in [2.75, 3.05) is 20.3 Å². The minimum absolute atomic E-state index is 0.581. The summed E-state index contributed by atoms with van der Waals surface area (Å²) in [4.78, 5) is 4.73. The maximum Gasteiger partial charge on any atom is 0.125 e. The first-order valence-electron chi connectivity index (χ1n) is 12.2. The summed E-state index contributed by atoms with van der Waals surface area (Å²) in [7, 11) is 1.56. The van der Waals surface area contributed by atoms with Gasteiger partial charge in [-0.2, -0.15) is 0 Å². The maximum absolute atomic E-state index is 6.10. The van der Waals surface area contributed by atoms with E-state index in [1.165, 1.54) is 37.7 Å². The minimum atomic E-state index is 0.581. The Morgan fingerprint density at radius 2 is 1.58 bits per heavy atom. The molecule has 0 aliphatic carbocycles. The minimum Gasteiger partial charge on any atom is -0.493 e. The van der Waals surface area contributed by atoms with Crippen molar-refractivity contribution in [1.82, 2.24) is 0 Å². The number of ether oxygens (including phenoxy) is 2. The maximum atomic E-state index is 6.10. The van der Waals surface area contributed by atoms with E-state index in [1.54, 1.807) is 13.3 Å². The molecule has 4 heteroatoms. The van der Waals surface area contributed by atoms with Crippen LogP contribution >= 0.6 is 0 Å². The third-order valence-electron chi connectivity index (χ3n) is 5.86. The summed E-state index contributed by atoms with van der Waals surface area (Å²) in [6.07, 6.45) is 13.1. The first-order chi connectivity index (χ1) is 16.0. The van der Waals surface area contributed by atoms with E-state index in [4.69, 9.17) is 14.3 Å². The highest BCUT2D eigenvalue weighted by atomic mass is 16.6. The highest BCUT2D eigenvalue weighted by Crippen LogP contribution is 2.29.